The van der Waals surface area contributed by atoms with Crippen molar-refractivity contribution in [1.82, 2.24) is 10.2 Å². The van der Waals surface area contributed by atoms with Crippen LogP contribution in [0.15, 0.2) is 66.4 Å². The minimum atomic E-state index is 0.521. The molecule has 0 fully saturated rings. The fraction of sp³-hybridized carbons (Fsp3) is 0.485. The zero-order valence-corrected chi connectivity index (χ0v) is 24.1. The fourth-order valence-electron chi connectivity index (χ4n) is 4.12. The summed E-state index contributed by atoms with van der Waals surface area (Å²) in [5.41, 5.74) is 5.32. The second-order valence-electron chi connectivity index (χ2n) is 9.67. The van der Waals surface area contributed by atoms with Crippen LogP contribution in [-0.4, -0.2) is 23.4 Å². The van der Waals surface area contributed by atoms with Gasteiger partial charge in [-0.05, 0) is 79.9 Å². The minimum absolute atomic E-state index is 0.521. The number of nitrogens with zero attached hydrogens (tertiary/aromatic N) is 2. The Morgan fingerprint density at radius 1 is 0.632 bits per heavy atom. The summed E-state index contributed by atoms with van der Waals surface area (Å²) in [4.78, 5) is 0. The first kappa shape index (κ1) is 29.7. The number of hydrogen-bond acceptors (Lipinski definition) is 5. The molecule has 5 heteroatoms. The van der Waals surface area contributed by atoms with Gasteiger partial charge in [-0.1, -0.05) is 83.0 Å². The van der Waals surface area contributed by atoms with Gasteiger partial charge in [0.05, 0.1) is 6.61 Å². The molecule has 0 atom stereocenters. The summed E-state index contributed by atoms with van der Waals surface area (Å²) >= 11 is 1.59. The quantitative estimate of drug-likeness (QED) is 0.114. The highest BCUT2D eigenvalue weighted by Crippen LogP contribution is 2.31. The first-order chi connectivity index (χ1) is 18.8. The van der Waals surface area contributed by atoms with Crippen LogP contribution in [0, 0.1) is 0 Å². The highest BCUT2D eigenvalue weighted by molar-refractivity contribution is 7.17. The number of aromatic nitrogens is 2. The Labute approximate surface area is 233 Å². The third-order valence-electron chi connectivity index (χ3n) is 6.42. The normalized spacial score (nSPS) is 10.7. The Morgan fingerprint density at radius 2 is 1.16 bits per heavy atom. The number of hydrogen-bond donors (Lipinski definition) is 0. The van der Waals surface area contributed by atoms with Crippen LogP contribution >= 0.6 is 11.3 Å². The van der Waals surface area contributed by atoms with Gasteiger partial charge in [0, 0.05) is 11.1 Å². The van der Waals surface area contributed by atoms with Gasteiger partial charge in [-0.15, -0.1) is 15.9 Å². The van der Waals surface area contributed by atoms with Crippen LogP contribution in [0.4, 0.5) is 0 Å². The van der Waals surface area contributed by atoms with E-state index in [-0.39, 0.29) is 0 Å². The Kier molecular flexibility index (Phi) is 14.4. The maximum Gasteiger partial charge on any atom is 0.148 e. The van der Waals surface area contributed by atoms with Crippen molar-refractivity contribution < 1.29 is 9.47 Å². The molecule has 0 amide bonds. The zero-order valence-electron chi connectivity index (χ0n) is 23.3. The van der Waals surface area contributed by atoms with Gasteiger partial charge < -0.3 is 9.47 Å². The van der Waals surface area contributed by atoms with Gasteiger partial charge in [-0.25, -0.2) is 0 Å². The summed E-state index contributed by atoms with van der Waals surface area (Å²) in [6.07, 6.45) is 19.3. The van der Waals surface area contributed by atoms with E-state index in [0.29, 0.717) is 6.61 Å². The molecule has 1 heterocycles. The third kappa shape index (κ3) is 11.2. The summed E-state index contributed by atoms with van der Waals surface area (Å²) in [5, 5.41) is 10.6. The molecule has 4 nitrogen and oxygen atoms in total. The Hall–Kier alpha value is -2.88. The van der Waals surface area contributed by atoms with Crippen LogP contribution in [0.1, 0.15) is 90.9 Å². The molecule has 0 aliphatic rings. The van der Waals surface area contributed by atoms with E-state index in [4.69, 9.17) is 9.47 Å². The summed E-state index contributed by atoms with van der Waals surface area (Å²) < 4.78 is 11.7. The lowest BCUT2D eigenvalue weighted by molar-refractivity contribution is 0.304. The summed E-state index contributed by atoms with van der Waals surface area (Å²) in [7, 11) is 0. The number of unbranched alkanes of at least 4 members (excludes halogenated alkanes) is 10. The van der Waals surface area contributed by atoms with E-state index < -0.39 is 0 Å². The van der Waals surface area contributed by atoms with Crippen molar-refractivity contribution in [2.24, 2.45) is 0 Å². The van der Waals surface area contributed by atoms with Crippen LogP contribution in [0.2, 0.25) is 0 Å². The molecular formula is C33H44N2O2S. The Morgan fingerprint density at radius 3 is 1.76 bits per heavy atom. The smallest absolute Gasteiger partial charge is 0.148 e. The predicted molar refractivity (Wildman–Crippen MR) is 161 cm³/mol. The van der Waals surface area contributed by atoms with Gasteiger partial charge in [0.1, 0.15) is 28.1 Å². The highest BCUT2D eigenvalue weighted by atomic mass is 32.1. The van der Waals surface area contributed by atoms with E-state index in [1.165, 1.54) is 64.2 Å². The number of benzene rings is 2. The molecular weight excluding hydrogens is 488 g/mol. The average molecular weight is 533 g/mol. The zero-order chi connectivity index (χ0) is 26.7. The van der Waals surface area contributed by atoms with E-state index in [9.17, 15) is 0 Å². The van der Waals surface area contributed by atoms with Crippen LogP contribution in [0.25, 0.3) is 21.1 Å². The van der Waals surface area contributed by atoms with E-state index in [0.717, 1.165) is 52.1 Å². The number of rotatable bonds is 19. The van der Waals surface area contributed by atoms with Crippen molar-refractivity contribution in [3.05, 3.63) is 66.4 Å². The first-order valence-corrected chi connectivity index (χ1v) is 15.3. The number of ether oxygens (including phenoxy) is 2. The topological polar surface area (TPSA) is 44.2 Å². The van der Waals surface area contributed by atoms with Crippen molar-refractivity contribution in [2.75, 3.05) is 13.2 Å². The van der Waals surface area contributed by atoms with Crippen molar-refractivity contribution in [1.29, 1.82) is 0 Å². The third-order valence-corrected chi connectivity index (χ3v) is 7.44. The lowest BCUT2D eigenvalue weighted by atomic mass is 10.1. The van der Waals surface area contributed by atoms with Crippen LogP contribution in [0.3, 0.4) is 0 Å². The van der Waals surface area contributed by atoms with Gasteiger partial charge in [0.2, 0.25) is 0 Å². The second kappa shape index (κ2) is 18.4. The maximum atomic E-state index is 5.91. The molecule has 2 aromatic carbocycles. The highest BCUT2D eigenvalue weighted by Gasteiger charge is 2.09. The Balaban J connectivity index is 1.40. The molecule has 0 saturated carbocycles. The molecule has 0 N–H and O–H groups in total. The summed E-state index contributed by atoms with van der Waals surface area (Å²) in [5.74, 6) is 1.75. The van der Waals surface area contributed by atoms with Crippen LogP contribution < -0.4 is 9.47 Å². The first-order valence-electron chi connectivity index (χ1n) is 14.5. The van der Waals surface area contributed by atoms with Gasteiger partial charge in [-0.3, -0.25) is 0 Å². The predicted octanol–water partition coefficient (Wildman–Crippen LogP) is 10.1. The molecule has 0 bridgehead atoms. The summed E-state index contributed by atoms with van der Waals surface area (Å²) in [6.45, 7) is 5.79. The average Bonchev–Trinajstić information content (AvgIpc) is 3.45. The van der Waals surface area contributed by atoms with Crippen LogP contribution in [-0.2, 0) is 0 Å². The molecule has 0 unspecified atom stereocenters. The van der Waals surface area contributed by atoms with Gasteiger partial charge >= 0.3 is 0 Å². The molecule has 0 aliphatic carbocycles. The standard InChI is InChI=1S/C33H44N2O2S/c1-3-5-7-9-11-12-13-15-17-27-37-31-24-20-29(21-25-31)33-35-34-32(38-33)28-18-22-30(23-19-28)36-26-16-14-10-8-6-4-2/h13,17-25H,3-12,14,16,26-27H2,1-2H3. The molecule has 0 aliphatic heterocycles. The van der Waals surface area contributed by atoms with Gasteiger partial charge in [-0.2, -0.15) is 0 Å². The Bertz CT molecular complexity index is 1080. The van der Waals surface area contributed by atoms with Crippen molar-refractivity contribution >= 4 is 11.3 Å². The second-order valence-corrected chi connectivity index (χ2v) is 10.6. The van der Waals surface area contributed by atoms with E-state index >= 15 is 0 Å². The summed E-state index contributed by atoms with van der Waals surface area (Å²) in [6, 6.07) is 16.2. The molecule has 0 spiro atoms. The van der Waals surface area contributed by atoms with Crippen molar-refractivity contribution in [3.63, 3.8) is 0 Å². The van der Waals surface area contributed by atoms with E-state index in [1.54, 1.807) is 11.3 Å². The largest absolute Gasteiger partial charge is 0.494 e. The molecule has 204 valence electrons. The molecule has 1 aromatic heterocycles. The molecule has 0 saturated heterocycles. The van der Waals surface area contributed by atoms with Gasteiger partial charge in [0.25, 0.3) is 0 Å². The fourth-order valence-corrected chi connectivity index (χ4v) is 4.97. The monoisotopic (exact) mass is 532 g/mol. The van der Waals surface area contributed by atoms with Crippen LogP contribution in [0.5, 0.6) is 11.5 Å². The van der Waals surface area contributed by atoms with E-state index in [2.05, 4.69) is 48.0 Å². The van der Waals surface area contributed by atoms with Crippen molar-refractivity contribution in [3.8, 4) is 32.6 Å². The molecule has 3 aromatic rings. The lowest BCUT2D eigenvalue weighted by Gasteiger charge is -2.06. The minimum Gasteiger partial charge on any atom is -0.494 e. The van der Waals surface area contributed by atoms with Crippen molar-refractivity contribution in [2.45, 2.75) is 90.9 Å². The van der Waals surface area contributed by atoms with Gasteiger partial charge in [0.15, 0.2) is 0 Å². The molecule has 38 heavy (non-hydrogen) atoms. The lowest BCUT2D eigenvalue weighted by Crippen LogP contribution is -1.97. The SMILES string of the molecule is CCCCCCCC=C=CCOc1ccc(-c2nnc(-c3ccc(OCCCCCCCC)cc3)s2)cc1. The molecule has 0 radical (unpaired) electrons. The van der Waals surface area contributed by atoms with E-state index in [1.807, 2.05) is 42.5 Å². The molecule has 3 rings (SSSR count). The maximum absolute atomic E-state index is 5.91.